The third kappa shape index (κ3) is 2.48. The van der Waals surface area contributed by atoms with Crippen LogP contribution in [0.3, 0.4) is 0 Å². The van der Waals surface area contributed by atoms with E-state index in [1.54, 1.807) is 4.68 Å². The fraction of sp³-hybridized carbons (Fsp3) is 0.778. The molecule has 78 valence electrons. The molecule has 4 nitrogen and oxygen atoms in total. The van der Waals surface area contributed by atoms with Gasteiger partial charge < -0.3 is 0 Å². The number of aryl methyl sites for hydroxylation is 1. The lowest BCUT2D eigenvalue weighted by atomic mass is 9.93. The van der Waals surface area contributed by atoms with E-state index >= 15 is 0 Å². The molecular formula is C9H16N4S. The van der Waals surface area contributed by atoms with E-state index in [9.17, 15) is 0 Å². The van der Waals surface area contributed by atoms with Crippen LogP contribution in [0, 0.1) is 5.92 Å². The molecule has 0 atom stereocenters. The van der Waals surface area contributed by atoms with Crippen LogP contribution in [0.1, 0.15) is 18.5 Å². The van der Waals surface area contributed by atoms with Crippen molar-refractivity contribution >= 4 is 12.8 Å². The summed E-state index contributed by atoms with van der Waals surface area (Å²) in [7, 11) is 1.91. The minimum Gasteiger partial charge on any atom is -0.255 e. The highest BCUT2D eigenvalue weighted by atomic mass is 32.1. The Labute approximate surface area is 89.8 Å². The van der Waals surface area contributed by atoms with E-state index in [1.165, 1.54) is 12.8 Å². The summed E-state index contributed by atoms with van der Waals surface area (Å²) in [5.41, 5.74) is 1.12. The molecule has 14 heavy (non-hydrogen) atoms. The molecule has 1 aromatic heterocycles. The Bertz CT molecular complexity index is 291. The van der Waals surface area contributed by atoms with Crippen molar-refractivity contribution in [2.45, 2.75) is 19.3 Å². The van der Waals surface area contributed by atoms with Crippen molar-refractivity contribution in [1.82, 2.24) is 19.3 Å². The van der Waals surface area contributed by atoms with Crippen molar-refractivity contribution in [1.29, 1.82) is 0 Å². The molecule has 0 spiro atoms. The zero-order chi connectivity index (χ0) is 9.97. The monoisotopic (exact) mass is 212 g/mol. The van der Waals surface area contributed by atoms with Gasteiger partial charge in [-0.05, 0) is 25.2 Å². The summed E-state index contributed by atoms with van der Waals surface area (Å²) in [6.45, 7) is 2.18. The van der Waals surface area contributed by atoms with E-state index < -0.39 is 0 Å². The molecule has 1 aromatic rings. The van der Waals surface area contributed by atoms with Gasteiger partial charge in [0.05, 0.1) is 5.69 Å². The van der Waals surface area contributed by atoms with Crippen molar-refractivity contribution in [2.24, 2.45) is 13.0 Å². The quantitative estimate of drug-likeness (QED) is 0.740. The average molecular weight is 212 g/mol. The summed E-state index contributed by atoms with van der Waals surface area (Å²) in [5, 5.41) is 8.05. The SMILES string of the molecule is Cn1cc(CC2CCN(S)CC2)nn1. The van der Waals surface area contributed by atoms with Gasteiger partial charge in [0, 0.05) is 26.3 Å². The first-order valence-corrected chi connectivity index (χ1v) is 5.43. The Balaban J connectivity index is 1.86. The maximum atomic E-state index is 4.33. The minimum absolute atomic E-state index is 0.759. The Hall–Kier alpha value is -0.550. The lowest BCUT2D eigenvalue weighted by Crippen LogP contribution is -2.27. The van der Waals surface area contributed by atoms with E-state index in [0.29, 0.717) is 0 Å². The predicted molar refractivity (Wildman–Crippen MR) is 58.0 cm³/mol. The molecule has 2 heterocycles. The molecule has 0 unspecified atom stereocenters. The van der Waals surface area contributed by atoms with Gasteiger partial charge in [0.15, 0.2) is 0 Å². The van der Waals surface area contributed by atoms with E-state index in [0.717, 1.165) is 31.1 Å². The second-order valence-corrected chi connectivity index (χ2v) is 4.55. The number of hydrogen-bond donors (Lipinski definition) is 1. The lowest BCUT2D eigenvalue weighted by Gasteiger charge is -2.27. The summed E-state index contributed by atoms with van der Waals surface area (Å²) >= 11 is 4.33. The molecule has 0 amide bonds. The maximum Gasteiger partial charge on any atom is 0.0829 e. The molecule has 1 saturated heterocycles. The second-order valence-electron chi connectivity index (χ2n) is 3.98. The molecule has 1 fully saturated rings. The van der Waals surface area contributed by atoms with Gasteiger partial charge in [0.2, 0.25) is 0 Å². The first kappa shape index (κ1) is 9.98. The van der Waals surface area contributed by atoms with Crippen LogP contribution in [0.5, 0.6) is 0 Å². The second kappa shape index (κ2) is 4.31. The van der Waals surface area contributed by atoms with Gasteiger partial charge in [-0.15, -0.1) is 5.10 Å². The van der Waals surface area contributed by atoms with Crippen LogP contribution in [0.4, 0.5) is 0 Å². The Morgan fingerprint density at radius 3 is 2.79 bits per heavy atom. The molecule has 0 saturated carbocycles. The Morgan fingerprint density at radius 2 is 2.21 bits per heavy atom. The molecule has 2 rings (SSSR count). The molecular weight excluding hydrogens is 196 g/mol. The summed E-state index contributed by atoms with van der Waals surface area (Å²) in [4.78, 5) is 0. The zero-order valence-electron chi connectivity index (χ0n) is 8.43. The number of nitrogens with zero attached hydrogens (tertiary/aromatic N) is 4. The molecule has 0 aliphatic carbocycles. The van der Waals surface area contributed by atoms with E-state index in [1.807, 2.05) is 13.2 Å². The highest BCUT2D eigenvalue weighted by Crippen LogP contribution is 2.21. The fourth-order valence-corrected chi connectivity index (χ4v) is 2.14. The summed E-state index contributed by atoms with van der Waals surface area (Å²) in [5.74, 6) is 0.759. The number of aromatic nitrogens is 3. The number of thiol groups is 1. The average Bonchev–Trinajstić information content (AvgIpc) is 2.56. The first-order chi connectivity index (χ1) is 6.74. The third-order valence-electron chi connectivity index (χ3n) is 2.74. The largest absolute Gasteiger partial charge is 0.255 e. The van der Waals surface area contributed by atoms with Crippen molar-refractivity contribution in [3.8, 4) is 0 Å². The molecule has 1 aliphatic heterocycles. The molecule has 0 radical (unpaired) electrons. The van der Waals surface area contributed by atoms with Crippen molar-refractivity contribution < 1.29 is 0 Å². The van der Waals surface area contributed by atoms with Crippen LogP contribution in [0.25, 0.3) is 0 Å². The van der Waals surface area contributed by atoms with Crippen molar-refractivity contribution in [2.75, 3.05) is 13.1 Å². The molecule has 5 heteroatoms. The summed E-state index contributed by atoms with van der Waals surface area (Å²) in [6, 6.07) is 0. The molecule has 1 aliphatic rings. The van der Waals surface area contributed by atoms with Gasteiger partial charge >= 0.3 is 0 Å². The standard InChI is InChI=1S/C9H16N4S/c1-12-7-9(10-11-12)6-8-2-4-13(14)5-3-8/h7-8,14H,2-6H2,1H3. The van der Waals surface area contributed by atoms with Crippen LogP contribution >= 0.6 is 12.8 Å². The van der Waals surface area contributed by atoms with Crippen LogP contribution in [-0.2, 0) is 13.5 Å². The van der Waals surface area contributed by atoms with Gasteiger partial charge in [0.25, 0.3) is 0 Å². The highest BCUT2D eigenvalue weighted by molar-refractivity contribution is 7.77. The number of rotatable bonds is 2. The Kier molecular flexibility index (Phi) is 3.08. The van der Waals surface area contributed by atoms with E-state index in [-0.39, 0.29) is 0 Å². The van der Waals surface area contributed by atoms with Crippen LogP contribution in [0.2, 0.25) is 0 Å². The highest BCUT2D eigenvalue weighted by Gasteiger charge is 2.18. The summed E-state index contributed by atoms with van der Waals surface area (Å²) < 4.78 is 3.86. The summed E-state index contributed by atoms with van der Waals surface area (Å²) in [6.07, 6.45) is 5.52. The first-order valence-electron chi connectivity index (χ1n) is 5.03. The number of hydrogen-bond acceptors (Lipinski definition) is 4. The molecule has 0 aromatic carbocycles. The molecule has 0 N–H and O–H groups in total. The van der Waals surface area contributed by atoms with Crippen LogP contribution in [-0.4, -0.2) is 32.4 Å². The van der Waals surface area contributed by atoms with Crippen molar-refractivity contribution in [3.63, 3.8) is 0 Å². The molecule has 0 bridgehead atoms. The lowest BCUT2D eigenvalue weighted by molar-refractivity contribution is 0.291. The third-order valence-corrected chi connectivity index (χ3v) is 3.14. The van der Waals surface area contributed by atoms with Gasteiger partial charge in [0.1, 0.15) is 0 Å². The maximum absolute atomic E-state index is 4.33. The van der Waals surface area contributed by atoms with Gasteiger partial charge in [-0.25, -0.2) is 0 Å². The van der Waals surface area contributed by atoms with Crippen LogP contribution < -0.4 is 0 Å². The van der Waals surface area contributed by atoms with Crippen molar-refractivity contribution in [3.05, 3.63) is 11.9 Å². The fourth-order valence-electron chi connectivity index (χ4n) is 1.91. The zero-order valence-corrected chi connectivity index (χ0v) is 9.32. The van der Waals surface area contributed by atoms with Gasteiger partial charge in [-0.2, -0.15) is 0 Å². The number of piperidine rings is 1. The smallest absolute Gasteiger partial charge is 0.0829 e. The van der Waals surface area contributed by atoms with E-state index in [2.05, 4.69) is 27.4 Å². The topological polar surface area (TPSA) is 34.0 Å². The predicted octanol–water partition coefficient (Wildman–Crippen LogP) is 0.914. The Morgan fingerprint density at radius 1 is 1.50 bits per heavy atom. The minimum atomic E-state index is 0.759. The van der Waals surface area contributed by atoms with Gasteiger partial charge in [-0.1, -0.05) is 18.0 Å². The van der Waals surface area contributed by atoms with E-state index in [4.69, 9.17) is 0 Å². The normalized spacial score (nSPS) is 20.1. The van der Waals surface area contributed by atoms with Crippen LogP contribution in [0.15, 0.2) is 6.20 Å². The van der Waals surface area contributed by atoms with Gasteiger partial charge in [-0.3, -0.25) is 8.99 Å².